The van der Waals surface area contributed by atoms with Gasteiger partial charge in [0.2, 0.25) is 0 Å². The summed E-state index contributed by atoms with van der Waals surface area (Å²) in [5, 5.41) is 10.6. The molecule has 1 atom stereocenters. The van der Waals surface area contributed by atoms with Crippen LogP contribution in [0.2, 0.25) is 0 Å². The van der Waals surface area contributed by atoms with E-state index in [1.807, 2.05) is 13.8 Å². The molecule has 0 bridgehead atoms. The summed E-state index contributed by atoms with van der Waals surface area (Å²) in [5.41, 5.74) is -3.49. The summed E-state index contributed by atoms with van der Waals surface area (Å²) < 4.78 is 86.6. The molecule has 1 unspecified atom stereocenters. The van der Waals surface area contributed by atoms with Crippen molar-refractivity contribution in [3.05, 3.63) is 78.4 Å². The molecule has 0 aliphatic rings. The predicted molar refractivity (Wildman–Crippen MR) is 130 cm³/mol. The van der Waals surface area contributed by atoms with Crippen LogP contribution < -0.4 is 14.4 Å². The van der Waals surface area contributed by atoms with Crippen LogP contribution in [-0.4, -0.2) is 29.6 Å². The average molecular weight is 546 g/mol. The average Bonchev–Trinajstić information content (AvgIpc) is 2.78. The Morgan fingerprint density at radius 1 is 0.838 bits per heavy atom. The molecule has 0 fully saturated rings. The smallest absolute Gasteiger partial charge is 0.457 e. The second-order valence-electron chi connectivity index (χ2n) is 8.47. The number of aliphatic hydroxyl groups excluding tert-OH is 1. The van der Waals surface area contributed by atoms with Gasteiger partial charge in [-0.25, -0.2) is 0 Å². The van der Waals surface area contributed by atoms with Gasteiger partial charge in [0.25, 0.3) is 0 Å². The van der Waals surface area contributed by atoms with Crippen molar-refractivity contribution < 1.29 is 40.9 Å². The predicted octanol–water partition coefficient (Wildman–Crippen LogP) is 8.01. The van der Waals surface area contributed by atoms with Crippen molar-refractivity contribution in [2.45, 2.75) is 43.3 Å². The van der Waals surface area contributed by atoms with E-state index >= 15 is 0 Å². The van der Waals surface area contributed by atoms with Crippen LogP contribution in [0.3, 0.4) is 0 Å². The minimum Gasteiger partial charge on any atom is -0.457 e. The lowest BCUT2D eigenvalue weighted by atomic mass is 10.1. The number of halogens is 6. The van der Waals surface area contributed by atoms with Gasteiger partial charge in [-0.15, -0.1) is 13.2 Å². The molecule has 0 spiro atoms. The summed E-state index contributed by atoms with van der Waals surface area (Å²) >= 11 is -0.206. The van der Waals surface area contributed by atoms with E-state index in [-0.39, 0.29) is 47.2 Å². The van der Waals surface area contributed by atoms with Crippen LogP contribution in [-0.2, 0) is 6.54 Å². The molecular weight excluding hydrogens is 520 g/mol. The highest BCUT2D eigenvalue weighted by Crippen LogP contribution is 2.39. The SMILES string of the molecule is CC(C)C(O)CN(Cc1ccccc1SC(F)(F)F)c1cccc(Oc2cccc(OC(F)(F)F)c2)c1. The van der Waals surface area contributed by atoms with Gasteiger partial charge in [-0.1, -0.05) is 44.2 Å². The molecule has 0 saturated carbocycles. The molecule has 3 aromatic carbocycles. The van der Waals surface area contributed by atoms with E-state index in [1.165, 1.54) is 24.3 Å². The Balaban J connectivity index is 1.88. The molecule has 4 nitrogen and oxygen atoms in total. The molecular formula is C26H25F6NO3S. The van der Waals surface area contributed by atoms with Crippen molar-refractivity contribution >= 4 is 17.4 Å². The lowest BCUT2D eigenvalue weighted by molar-refractivity contribution is -0.274. The molecule has 1 N–H and O–H groups in total. The molecule has 3 aromatic rings. The Morgan fingerprint density at radius 2 is 1.46 bits per heavy atom. The fraction of sp³-hybridized carbons (Fsp3) is 0.308. The number of alkyl halides is 6. The maximum absolute atomic E-state index is 13.1. The Labute approximate surface area is 214 Å². The Morgan fingerprint density at radius 3 is 2.11 bits per heavy atom. The fourth-order valence-electron chi connectivity index (χ4n) is 3.38. The summed E-state index contributed by atoms with van der Waals surface area (Å²) in [4.78, 5) is 1.78. The maximum Gasteiger partial charge on any atom is 0.573 e. The zero-order valence-electron chi connectivity index (χ0n) is 19.9. The van der Waals surface area contributed by atoms with Crippen molar-refractivity contribution in [2.24, 2.45) is 5.92 Å². The van der Waals surface area contributed by atoms with E-state index in [1.54, 1.807) is 41.3 Å². The van der Waals surface area contributed by atoms with Crippen LogP contribution in [0.25, 0.3) is 0 Å². The number of hydrogen-bond acceptors (Lipinski definition) is 5. The molecule has 3 rings (SSSR count). The lowest BCUT2D eigenvalue weighted by Gasteiger charge is -2.30. The first-order valence-electron chi connectivity index (χ1n) is 11.2. The Hall–Kier alpha value is -3.05. The molecule has 0 heterocycles. The number of nitrogens with zero attached hydrogens (tertiary/aromatic N) is 1. The number of anilines is 1. The molecule has 0 aromatic heterocycles. The number of benzene rings is 3. The molecule has 0 saturated heterocycles. The summed E-state index contributed by atoms with van der Waals surface area (Å²) in [6.45, 7) is 3.85. The van der Waals surface area contributed by atoms with Crippen molar-refractivity contribution in [3.63, 3.8) is 0 Å². The van der Waals surface area contributed by atoms with Crippen molar-refractivity contribution in [3.8, 4) is 17.2 Å². The first-order valence-corrected chi connectivity index (χ1v) is 12.0. The van der Waals surface area contributed by atoms with Crippen LogP contribution in [0.1, 0.15) is 19.4 Å². The lowest BCUT2D eigenvalue weighted by Crippen LogP contribution is -2.35. The molecule has 37 heavy (non-hydrogen) atoms. The summed E-state index contributed by atoms with van der Waals surface area (Å²) in [5.74, 6) is -0.178. The highest BCUT2D eigenvalue weighted by atomic mass is 32.2. The third-order valence-corrected chi connectivity index (χ3v) is 6.04. The second-order valence-corrected chi connectivity index (χ2v) is 9.58. The molecule has 0 amide bonds. The van der Waals surface area contributed by atoms with Crippen LogP contribution in [0.4, 0.5) is 32.0 Å². The minimum absolute atomic E-state index is 0.0490. The van der Waals surface area contributed by atoms with Gasteiger partial charge in [0.1, 0.15) is 17.2 Å². The Kier molecular flexibility index (Phi) is 9.25. The Bertz CT molecular complexity index is 1170. The van der Waals surface area contributed by atoms with E-state index in [4.69, 9.17) is 4.74 Å². The number of thioether (sulfide) groups is 1. The van der Waals surface area contributed by atoms with Crippen LogP contribution in [0.15, 0.2) is 77.7 Å². The topological polar surface area (TPSA) is 41.9 Å². The van der Waals surface area contributed by atoms with Crippen molar-refractivity contribution in [1.82, 2.24) is 0 Å². The number of ether oxygens (including phenoxy) is 2. The van der Waals surface area contributed by atoms with Gasteiger partial charge in [-0.3, -0.25) is 0 Å². The number of aliphatic hydroxyl groups is 1. The van der Waals surface area contributed by atoms with E-state index in [9.17, 15) is 31.4 Å². The van der Waals surface area contributed by atoms with Gasteiger partial charge in [-0.2, -0.15) is 13.2 Å². The second kappa shape index (κ2) is 12.0. The highest BCUT2D eigenvalue weighted by molar-refractivity contribution is 8.00. The van der Waals surface area contributed by atoms with Crippen molar-refractivity contribution in [1.29, 1.82) is 0 Å². The monoisotopic (exact) mass is 545 g/mol. The van der Waals surface area contributed by atoms with E-state index in [0.717, 1.165) is 12.1 Å². The summed E-state index contributed by atoms with van der Waals surface area (Å²) in [6.07, 6.45) is -5.63. The standard InChI is InChI=1S/C26H25F6NO3S/c1-17(2)23(34)16-33(15-18-7-3-4-12-24(18)37-26(30,31)32)19-8-5-9-20(13-19)35-21-10-6-11-22(14-21)36-25(27,28)29/h3-14,17,23,34H,15-16H2,1-2H3. The zero-order valence-corrected chi connectivity index (χ0v) is 20.7. The van der Waals surface area contributed by atoms with Gasteiger partial charge >= 0.3 is 11.9 Å². The molecule has 0 aliphatic carbocycles. The van der Waals surface area contributed by atoms with Crippen LogP contribution in [0, 0.1) is 5.92 Å². The first kappa shape index (κ1) is 28.5. The summed E-state index contributed by atoms with van der Waals surface area (Å²) in [7, 11) is 0. The van der Waals surface area contributed by atoms with Gasteiger partial charge in [0.15, 0.2) is 0 Å². The zero-order chi connectivity index (χ0) is 27.2. The van der Waals surface area contributed by atoms with E-state index in [0.29, 0.717) is 11.3 Å². The minimum atomic E-state index is -4.85. The van der Waals surface area contributed by atoms with Crippen LogP contribution >= 0.6 is 11.8 Å². The molecule has 0 radical (unpaired) electrons. The van der Waals surface area contributed by atoms with E-state index in [2.05, 4.69) is 4.74 Å². The number of hydrogen-bond donors (Lipinski definition) is 1. The number of rotatable bonds is 10. The quantitative estimate of drug-likeness (QED) is 0.206. The third-order valence-electron chi connectivity index (χ3n) is 5.19. The normalized spacial score (nSPS) is 12.9. The van der Waals surface area contributed by atoms with Gasteiger partial charge in [0.05, 0.1) is 6.10 Å². The van der Waals surface area contributed by atoms with Crippen LogP contribution in [0.5, 0.6) is 17.2 Å². The first-order chi connectivity index (χ1) is 17.3. The maximum atomic E-state index is 13.1. The third kappa shape index (κ3) is 9.40. The molecule has 200 valence electrons. The highest BCUT2D eigenvalue weighted by Gasteiger charge is 2.32. The molecule has 0 aliphatic heterocycles. The van der Waals surface area contributed by atoms with Gasteiger partial charge in [-0.05, 0) is 53.6 Å². The van der Waals surface area contributed by atoms with Gasteiger partial charge < -0.3 is 19.5 Å². The van der Waals surface area contributed by atoms with Crippen molar-refractivity contribution in [2.75, 3.05) is 11.4 Å². The fourth-order valence-corrected chi connectivity index (χ4v) is 4.04. The largest absolute Gasteiger partial charge is 0.573 e. The van der Waals surface area contributed by atoms with Gasteiger partial charge in [0, 0.05) is 35.8 Å². The summed E-state index contributed by atoms with van der Waals surface area (Å²) in [6, 6.07) is 17.7. The molecule has 11 heteroatoms. The van der Waals surface area contributed by atoms with E-state index < -0.39 is 23.7 Å².